The van der Waals surface area contributed by atoms with Crippen molar-refractivity contribution in [2.24, 2.45) is 0 Å². The second kappa shape index (κ2) is 6.85. The fourth-order valence-electron chi connectivity index (χ4n) is 0.478. The molecule has 0 atom stereocenters. The number of aryl methyl sites for hydroxylation is 1. The molecule has 0 aromatic carbocycles. The fourth-order valence-corrected chi connectivity index (χ4v) is 1.11. The number of nitrogens with zero attached hydrogens (tertiary/aromatic N) is 1. The van der Waals surface area contributed by atoms with Crippen LogP contribution < -0.4 is 0 Å². The van der Waals surface area contributed by atoms with Gasteiger partial charge >= 0.3 is 0 Å². The van der Waals surface area contributed by atoms with Gasteiger partial charge in [-0.15, -0.1) is 34.5 Å². The summed E-state index contributed by atoms with van der Waals surface area (Å²) in [7, 11) is 0. The average molecular weight is 214 g/mol. The largest absolute Gasteiger partial charge is 0.391 e. The van der Waals surface area contributed by atoms with Crippen molar-refractivity contribution in [1.82, 2.24) is 4.98 Å². The highest BCUT2D eigenvalue weighted by Gasteiger charge is 1.95. The van der Waals surface area contributed by atoms with Crippen molar-refractivity contribution in [3.05, 3.63) is 16.1 Å². The van der Waals surface area contributed by atoms with Gasteiger partial charge in [0.15, 0.2) is 0 Å². The molecule has 1 aromatic heterocycles. The molecule has 0 aliphatic rings. The van der Waals surface area contributed by atoms with Crippen LogP contribution in [0.15, 0.2) is 5.51 Å². The van der Waals surface area contributed by atoms with Gasteiger partial charge < -0.3 is 5.11 Å². The lowest BCUT2D eigenvalue weighted by Gasteiger charge is -1.85. The number of alkyl halides is 2. The molecule has 0 aliphatic heterocycles. The number of halogens is 2. The van der Waals surface area contributed by atoms with E-state index in [4.69, 9.17) is 28.3 Å². The lowest BCUT2D eigenvalue weighted by Crippen LogP contribution is -1.79. The Morgan fingerprint density at radius 2 is 2.18 bits per heavy atom. The molecule has 1 N–H and O–H groups in total. The number of aliphatic hydroxyl groups excluding tert-OH is 1. The molecule has 0 saturated carbocycles. The van der Waals surface area contributed by atoms with Crippen molar-refractivity contribution in [2.45, 2.75) is 13.5 Å². The predicted octanol–water partition coefficient (Wildman–Crippen LogP) is 2.37. The van der Waals surface area contributed by atoms with Crippen LogP contribution in [0.2, 0.25) is 0 Å². The van der Waals surface area contributed by atoms with E-state index in [1.54, 1.807) is 5.51 Å². The summed E-state index contributed by atoms with van der Waals surface area (Å²) in [5.74, 6) is 0. The summed E-state index contributed by atoms with van der Waals surface area (Å²) in [6, 6.07) is 0. The second-order valence-electron chi connectivity index (χ2n) is 1.62. The first kappa shape index (κ1) is 11.2. The van der Waals surface area contributed by atoms with Crippen molar-refractivity contribution >= 4 is 34.5 Å². The summed E-state index contributed by atoms with van der Waals surface area (Å²) in [4.78, 5) is 4.91. The smallest absolute Gasteiger partial charge is 0.0967 e. The van der Waals surface area contributed by atoms with Crippen molar-refractivity contribution in [3.63, 3.8) is 0 Å². The molecule has 11 heavy (non-hydrogen) atoms. The van der Waals surface area contributed by atoms with Gasteiger partial charge in [-0.1, -0.05) is 0 Å². The van der Waals surface area contributed by atoms with Crippen LogP contribution in [-0.2, 0) is 6.61 Å². The molecule has 1 rings (SSSR count). The van der Waals surface area contributed by atoms with Crippen LogP contribution in [0.4, 0.5) is 0 Å². The van der Waals surface area contributed by atoms with Crippen LogP contribution in [0, 0.1) is 6.92 Å². The number of aromatic nitrogens is 1. The summed E-state index contributed by atoms with van der Waals surface area (Å²) in [5, 5.41) is 8.77. The van der Waals surface area contributed by atoms with Gasteiger partial charge in [0.2, 0.25) is 0 Å². The molecule has 0 saturated heterocycles. The van der Waals surface area contributed by atoms with E-state index in [0.29, 0.717) is 0 Å². The van der Waals surface area contributed by atoms with Crippen molar-refractivity contribution in [1.29, 1.82) is 0 Å². The van der Waals surface area contributed by atoms with E-state index in [-0.39, 0.29) is 11.9 Å². The van der Waals surface area contributed by atoms with E-state index >= 15 is 0 Å². The minimum atomic E-state index is 0.122. The standard InChI is InChI=1S/C5H7NOS.CH2Cl2/c1-4-5(2-7)8-3-6-4;2-1-3/h3,7H,2H2,1H3;1H2. The Bertz CT molecular complexity index is 192. The molecule has 2 nitrogen and oxygen atoms in total. The minimum Gasteiger partial charge on any atom is -0.391 e. The molecule has 0 aliphatic carbocycles. The highest BCUT2D eigenvalue weighted by molar-refractivity contribution is 7.09. The van der Waals surface area contributed by atoms with E-state index in [2.05, 4.69) is 4.98 Å². The molecule has 64 valence electrons. The van der Waals surface area contributed by atoms with Crippen molar-refractivity contribution in [3.8, 4) is 0 Å². The van der Waals surface area contributed by atoms with Crippen LogP contribution in [0.5, 0.6) is 0 Å². The minimum absolute atomic E-state index is 0.122. The van der Waals surface area contributed by atoms with Crippen LogP contribution >= 0.6 is 34.5 Å². The summed E-state index contributed by atoms with van der Waals surface area (Å²) in [6.45, 7) is 2.01. The van der Waals surface area contributed by atoms with E-state index < -0.39 is 0 Å². The topological polar surface area (TPSA) is 33.1 Å². The maximum absolute atomic E-state index is 8.58. The second-order valence-corrected chi connectivity index (χ2v) is 3.37. The summed E-state index contributed by atoms with van der Waals surface area (Å²) in [6.07, 6.45) is 0. The molecule has 0 unspecified atom stereocenters. The van der Waals surface area contributed by atoms with Gasteiger partial charge in [0.05, 0.1) is 28.0 Å². The number of thiazole rings is 1. The SMILES string of the molecule is Cc1ncsc1CO.ClCCl. The van der Waals surface area contributed by atoms with Crippen molar-refractivity contribution < 1.29 is 5.11 Å². The van der Waals surface area contributed by atoms with Gasteiger partial charge in [0.25, 0.3) is 0 Å². The number of hydrogen-bond donors (Lipinski definition) is 1. The Balaban J connectivity index is 0.000000292. The van der Waals surface area contributed by atoms with Crippen LogP contribution in [-0.4, -0.2) is 15.4 Å². The number of aliphatic hydroxyl groups is 1. The average Bonchev–Trinajstić information content (AvgIpc) is 2.36. The number of rotatable bonds is 1. The maximum atomic E-state index is 8.58. The molecule has 5 heteroatoms. The third-order valence-corrected chi connectivity index (χ3v) is 1.91. The van der Waals surface area contributed by atoms with Crippen LogP contribution in [0.25, 0.3) is 0 Å². The molecule has 1 aromatic rings. The van der Waals surface area contributed by atoms with E-state index in [9.17, 15) is 0 Å². The zero-order chi connectivity index (χ0) is 8.69. The van der Waals surface area contributed by atoms with Crippen LogP contribution in [0.3, 0.4) is 0 Å². The lowest BCUT2D eigenvalue weighted by atomic mass is 10.4. The summed E-state index contributed by atoms with van der Waals surface area (Å²) >= 11 is 11.0. The molecule has 1 heterocycles. The molecular formula is C6H9Cl2NOS. The van der Waals surface area contributed by atoms with Crippen molar-refractivity contribution in [2.75, 3.05) is 5.34 Å². The highest BCUT2D eigenvalue weighted by atomic mass is 35.5. The number of hydrogen-bond acceptors (Lipinski definition) is 3. The Morgan fingerprint density at radius 3 is 2.36 bits per heavy atom. The first-order valence-corrected chi connectivity index (χ1v) is 4.82. The van der Waals surface area contributed by atoms with Gasteiger partial charge in [-0.2, -0.15) is 0 Å². The highest BCUT2D eigenvalue weighted by Crippen LogP contribution is 2.10. The molecule has 0 amide bonds. The summed E-state index contributed by atoms with van der Waals surface area (Å²) < 4.78 is 0. The Hall–Kier alpha value is 0.170. The van der Waals surface area contributed by atoms with Gasteiger partial charge in [-0.25, -0.2) is 4.98 Å². The first-order chi connectivity index (χ1) is 5.26. The summed E-state index contributed by atoms with van der Waals surface area (Å²) in [5.41, 5.74) is 2.68. The van der Waals surface area contributed by atoms with Crippen LogP contribution in [0.1, 0.15) is 10.6 Å². The monoisotopic (exact) mass is 213 g/mol. The molecular weight excluding hydrogens is 205 g/mol. The molecule has 0 bridgehead atoms. The third-order valence-electron chi connectivity index (χ3n) is 0.988. The Labute approximate surface area is 79.8 Å². The molecule has 0 radical (unpaired) electrons. The van der Waals surface area contributed by atoms with E-state index in [1.165, 1.54) is 11.3 Å². The Morgan fingerprint density at radius 1 is 1.64 bits per heavy atom. The maximum Gasteiger partial charge on any atom is 0.0967 e. The van der Waals surface area contributed by atoms with E-state index in [1.807, 2.05) is 6.92 Å². The zero-order valence-corrected chi connectivity index (χ0v) is 8.38. The molecule has 0 spiro atoms. The first-order valence-electron chi connectivity index (χ1n) is 2.88. The normalized spacial score (nSPS) is 8.73. The lowest BCUT2D eigenvalue weighted by molar-refractivity contribution is 0.284. The fraction of sp³-hybridized carbons (Fsp3) is 0.500. The van der Waals surface area contributed by atoms with Gasteiger partial charge in [-0.05, 0) is 6.92 Å². The van der Waals surface area contributed by atoms with Gasteiger partial charge in [-0.3, -0.25) is 0 Å². The Kier molecular flexibility index (Phi) is 6.96. The van der Waals surface area contributed by atoms with E-state index in [0.717, 1.165) is 10.6 Å². The van der Waals surface area contributed by atoms with Gasteiger partial charge in [0.1, 0.15) is 0 Å². The third kappa shape index (κ3) is 4.58. The zero-order valence-electron chi connectivity index (χ0n) is 6.05. The molecule has 0 fully saturated rings. The quantitative estimate of drug-likeness (QED) is 0.728. The van der Waals surface area contributed by atoms with Gasteiger partial charge in [0, 0.05) is 0 Å². The predicted molar refractivity (Wildman–Crippen MR) is 49.3 cm³/mol.